The van der Waals surface area contributed by atoms with Gasteiger partial charge in [-0.05, 0) is 29.2 Å². The Hall–Kier alpha value is -2.58. The van der Waals surface area contributed by atoms with E-state index in [1.807, 2.05) is 56.3 Å². The van der Waals surface area contributed by atoms with Crippen molar-refractivity contribution in [1.82, 2.24) is 10.6 Å². The first-order chi connectivity index (χ1) is 14.3. The predicted molar refractivity (Wildman–Crippen MR) is 115 cm³/mol. The van der Waals surface area contributed by atoms with Gasteiger partial charge in [-0.15, -0.1) is 11.8 Å². The topological polar surface area (TPSA) is 105 Å². The van der Waals surface area contributed by atoms with Crippen LogP contribution in [0.15, 0.2) is 47.4 Å². The van der Waals surface area contributed by atoms with Gasteiger partial charge in [0.05, 0.1) is 12.2 Å². The third-order valence-electron chi connectivity index (χ3n) is 4.78. The van der Waals surface area contributed by atoms with Crippen LogP contribution in [0.5, 0.6) is 0 Å². The number of thioether (sulfide) groups is 1. The number of rotatable bonds is 8. The number of cyclic esters (lactones) is 1. The summed E-state index contributed by atoms with van der Waals surface area (Å²) in [5, 5.41) is 17.3. The molecule has 0 aromatic heterocycles. The van der Waals surface area contributed by atoms with Crippen molar-refractivity contribution in [1.29, 1.82) is 0 Å². The maximum absolute atomic E-state index is 12.7. The molecule has 3 atom stereocenters. The lowest BCUT2D eigenvalue weighted by Gasteiger charge is -2.22. The van der Waals surface area contributed by atoms with E-state index in [-0.39, 0.29) is 24.0 Å². The van der Waals surface area contributed by atoms with E-state index in [0.29, 0.717) is 6.42 Å². The molecule has 7 nitrogen and oxygen atoms in total. The number of amides is 2. The van der Waals surface area contributed by atoms with Crippen LogP contribution in [0, 0.1) is 5.92 Å². The van der Waals surface area contributed by atoms with Gasteiger partial charge < -0.3 is 20.5 Å². The molecule has 3 rings (SSSR count). The SMILES string of the molecule is CC(C)C[C@H](NC(=O)CSc1cccc2ccccc12)C(=O)N[C@H]1CC(=O)OC1O. The number of nitrogens with one attached hydrogen (secondary N) is 2. The highest BCUT2D eigenvalue weighted by Crippen LogP contribution is 2.27. The molecule has 0 radical (unpaired) electrons. The van der Waals surface area contributed by atoms with Crippen molar-refractivity contribution in [3.63, 3.8) is 0 Å². The average molecular weight is 431 g/mol. The van der Waals surface area contributed by atoms with Crippen LogP contribution in [0.3, 0.4) is 0 Å². The quantitative estimate of drug-likeness (QED) is 0.438. The molecule has 30 heavy (non-hydrogen) atoms. The number of carbonyl (C=O) groups is 3. The molecule has 0 spiro atoms. The Balaban J connectivity index is 1.60. The minimum Gasteiger partial charge on any atom is -0.434 e. The number of benzene rings is 2. The third-order valence-corrected chi connectivity index (χ3v) is 5.85. The number of aliphatic hydroxyl groups excluding tert-OH is 1. The van der Waals surface area contributed by atoms with Gasteiger partial charge in [-0.2, -0.15) is 0 Å². The highest BCUT2D eigenvalue weighted by Gasteiger charge is 2.36. The fourth-order valence-electron chi connectivity index (χ4n) is 3.35. The van der Waals surface area contributed by atoms with E-state index in [1.54, 1.807) is 0 Å². The lowest BCUT2D eigenvalue weighted by Crippen LogP contribution is -2.52. The molecule has 3 N–H and O–H groups in total. The summed E-state index contributed by atoms with van der Waals surface area (Å²) < 4.78 is 4.65. The largest absolute Gasteiger partial charge is 0.434 e. The number of hydrogen-bond donors (Lipinski definition) is 3. The molecule has 1 aliphatic heterocycles. The molecule has 1 heterocycles. The van der Waals surface area contributed by atoms with Crippen molar-refractivity contribution < 1.29 is 24.2 Å². The van der Waals surface area contributed by atoms with E-state index >= 15 is 0 Å². The minimum absolute atomic E-state index is 0.0911. The smallest absolute Gasteiger partial charge is 0.310 e. The summed E-state index contributed by atoms with van der Waals surface area (Å²) in [4.78, 5) is 37.5. The Morgan fingerprint density at radius 2 is 1.93 bits per heavy atom. The Bertz CT molecular complexity index is 927. The second-order valence-corrected chi connectivity index (χ2v) is 8.73. The number of carbonyl (C=O) groups excluding carboxylic acids is 3. The number of esters is 1. The van der Waals surface area contributed by atoms with Crippen LogP contribution < -0.4 is 10.6 Å². The highest BCUT2D eigenvalue weighted by molar-refractivity contribution is 8.00. The molecule has 2 aromatic carbocycles. The minimum atomic E-state index is -1.36. The summed E-state index contributed by atoms with van der Waals surface area (Å²) in [5.41, 5.74) is 0. The maximum Gasteiger partial charge on any atom is 0.310 e. The van der Waals surface area contributed by atoms with Gasteiger partial charge in [-0.3, -0.25) is 14.4 Å². The molecule has 1 unspecified atom stereocenters. The van der Waals surface area contributed by atoms with Gasteiger partial charge in [0.25, 0.3) is 0 Å². The average Bonchev–Trinajstić information content (AvgIpc) is 3.02. The number of ether oxygens (including phenoxy) is 1. The van der Waals surface area contributed by atoms with E-state index in [4.69, 9.17) is 0 Å². The van der Waals surface area contributed by atoms with Crippen molar-refractivity contribution in [3.8, 4) is 0 Å². The standard InChI is InChI=1S/C22H26N2O5S/c1-13(2)10-16(21(27)24-17-11-20(26)29-22(17)28)23-19(25)12-30-18-9-5-7-14-6-3-4-8-15(14)18/h3-9,13,16-17,22,28H,10-12H2,1-2H3,(H,23,25)(H,24,27)/t16-,17-,22?/m0/s1. The van der Waals surface area contributed by atoms with Crippen molar-refractivity contribution in [2.75, 3.05) is 5.75 Å². The molecule has 0 aliphatic carbocycles. The zero-order valence-corrected chi connectivity index (χ0v) is 17.8. The van der Waals surface area contributed by atoms with E-state index in [0.717, 1.165) is 15.7 Å². The van der Waals surface area contributed by atoms with Gasteiger partial charge in [-0.25, -0.2) is 0 Å². The van der Waals surface area contributed by atoms with E-state index < -0.39 is 30.3 Å². The molecule has 1 aliphatic rings. The maximum atomic E-state index is 12.7. The molecule has 2 amide bonds. The monoisotopic (exact) mass is 430 g/mol. The molecular formula is C22H26N2O5S. The summed E-state index contributed by atoms with van der Waals surface area (Å²) in [6, 6.07) is 12.4. The Kier molecular flexibility index (Phi) is 7.33. The van der Waals surface area contributed by atoms with Gasteiger partial charge in [0.15, 0.2) is 0 Å². The molecule has 8 heteroatoms. The second-order valence-electron chi connectivity index (χ2n) is 7.72. The molecule has 1 fully saturated rings. The van der Waals surface area contributed by atoms with Crippen LogP contribution in [0.4, 0.5) is 0 Å². The van der Waals surface area contributed by atoms with Gasteiger partial charge in [0, 0.05) is 4.90 Å². The van der Waals surface area contributed by atoms with Crippen molar-refractivity contribution >= 4 is 40.3 Å². The molecule has 2 aromatic rings. The van der Waals surface area contributed by atoms with Crippen LogP contribution >= 0.6 is 11.8 Å². The second kappa shape index (κ2) is 9.95. The Morgan fingerprint density at radius 3 is 2.63 bits per heavy atom. The van der Waals surface area contributed by atoms with Gasteiger partial charge >= 0.3 is 5.97 Å². The summed E-state index contributed by atoms with van der Waals surface area (Å²) in [5.74, 6) is -0.923. The molecule has 160 valence electrons. The number of fused-ring (bicyclic) bond motifs is 1. The van der Waals surface area contributed by atoms with Crippen LogP contribution in [0.2, 0.25) is 0 Å². The number of aliphatic hydroxyl groups is 1. The summed E-state index contributed by atoms with van der Waals surface area (Å²) in [7, 11) is 0. The van der Waals surface area contributed by atoms with Crippen molar-refractivity contribution in [2.24, 2.45) is 5.92 Å². The first-order valence-electron chi connectivity index (χ1n) is 9.91. The number of hydrogen-bond acceptors (Lipinski definition) is 6. The normalized spacial score (nSPS) is 19.5. The van der Waals surface area contributed by atoms with Crippen LogP contribution in [-0.4, -0.2) is 47.0 Å². The molecular weight excluding hydrogens is 404 g/mol. The van der Waals surface area contributed by atoms with Crippen molar-refractivity contribution in [2.45, 2.75) is 50.0 Å². The summed E-state index contributed by atoms with van der Waals surface area (Å²) in [6.45, 7) is 3.91. The fraction of sp³-hybridized carbons (Fsp3) is 0.409. The van der Waals surface area contributed by atoms with Gasteiger partial charge in [0.2, 0.25) is 18.1 Å². The van der Waals surface area contributed by atoms with E-state index in [2.05, 4.69) is 15.4 Å². The van der Waals surface area contributed by atoms with Gasteiger partial charge in [-0.1, -0.05) is 50.2 Å². The van der Waals surface area contributed by atoms with Crippen LogP contribution in [0.25, 0.3) is 10.8 Å². The summed E-state index contributed by atoms with van der Waals surface area (Å²) >= 11 is 1.42. The Labute approximate surface area is 179 Å². The molecule has 1 saturated heterocycles. The molecule has 0 saturated carbocycles. The fourth-order valence-corrected chi connectivity index (χ4v) is 4.24. The lowest BCUT2D eigenvalue weighted by molar-refractivity contribution is -0.155. The predicted octanol–water partition coefficient (Wildman–Crippen LogP) is 2.21. The van der Waals surface area contributed by atoms with E-state index in [1.165, 1.54) is 11.8 Å². The molecule has 0 bridgehead atoms. The zero-order chi connectivity index (χ0) is 21.7. The highest BCUT2D eigenvalue weighted by atomic mass is 32.2. The van der Waals surface area contributed by atoms with Crippen molar-refractivity contribution in [3.05, 3.63) is 42.5 Å². The first-order valence-corrected chi connectivity index (χ1v) is 10.9. The van der Waals surface area contributed by atoms with Gasteiger partial charge in [0.1, 0.15) is 12.1 Å². The third kappa shape index (κ3) is 5.73. The Morgan fingerprint density at radius 1 is 1.20 bits per heavy atom. The van der Waals surface area contributed by atoms with E-state index in [9.17, 15) is 19.5 Å². The lowest BCUT2D eigenvalue weighted by atomic mass is 10.0. The first kappa shape index (κ1) is 22.1. The van der Waals surface area contributed by atoms with Crippen LogP contribution in [-0.2, 0) is 19.1 Å². The van der Waals surface area contributed by atoms with Crippen LogP contribution in [0.1, 0.15) is 26.7 Å². The zero-order valence-electron chi connectivity index (χ0n) is 17.0. The summed E-state index contributed by atoms with van der Waals surface area (Å²) in [6.07, 6.45) is -1.01.